The van der Waals surface area contributed by atoms with E-state index in [0.29, 0.717) is 19.3 Å². The summed E-state index contributed by atoms with van der Waals surface area (Å²) < 4.78 is 13.1. The Morgan fingerprint density at radius 2 is 1.55 bits per heavy atom. The first-order valence-electron chi connectivity index (χ1n) is 11.3. The van der Waals surface area contributed by atoms with Crippen molar-refractivity contribution in [3.8, 4) is 0 Å². The molecule has 6 N–H and O–H groups in total. The number of primary amides is 1. The van der Waals surface area contributed by atoms with Crippen molar-refractivity contribution in [2.75, 3.05) is 6.16 Å². The fourth-order valence-corrected chi connectivity index (χ4v) is 5.56. The van der Waals surface area contributed by atoms with Crippen molar-refractivity contribution in [3.05, 3.63) is 71.8 Å². The van der Waals surface area contributed by atoms with Gasteiger partial charge >= 0.3 is 0 Å². The van der Waals surface area contributed by atoms with Crippen LogP contribution in [0.25, 0.3) is 0 Å². The number of carbonyl (C=O) groups is 2. The lowest BCUT2D eigenvalue weighted by atomic mass is 9.97. The minimum atomic E-state index is -3.82. The van der Waals surface area contributed by atoms with Gasteiger partial charge in [-0.3, -0.25) is 14.2 Å². The van der Waals surface area contributed by atoms with Gasteiger partial charge in [-0.25, -0.2) is 0 Å². The SMILES string of the molecule is CC(C)C[C@H](CP(=O)(O)[C@@H](N)CCc1ccccc1)C(=O)N[C@@H](Cc1ccccc1)C(N)=O. The van der Waals surface area contributed by atoms with Crippen LogP contribution in [0.1, 0.15) is 37.8 Å². The average molecular weight is 474 g/mol. The molecule has 0 heterocycles. The Hall–Kier alpha value is -2.47. The van der Waals surface area contributed by atoms with Gasteiger partial charge < -0.3 is 21.7 Å². The van der Waals surface area contributed by atoms with Crippen molar-refractivity contribution in [2.45, 2.75) is 51.4 Å². The van der Waals surface area contributed by atoms with E-state index in [1.165, 1.54) is 0 Å². The molecule has 0 spiro atoms. The van der Waals surface area contributed by atoms with Gasteiger partial charge in [-0.05, 0) is 36.3 Å². The second-order valence-electron chi connectivity index (χ2n) is 9.01. The summed E-state index contributed by atoms with van der Waals surface area (Å²) in [6.07, 6.45) is 1.34. The average Bonchev–Trinajstić information content (AvgIpc) is 2.77. The highest BCUT2D eigenvalue weighted by molar-refractivity contribution is 7.58. The molecule has 2 aromatic rings. The number of benzene rings is 2. The Morgan fingerprint density at radius 3 is 2.06 bits per heavy atom. The molecule has 8 heteroatoms. The second-order valence-corrected chi connectivity index (χ2v) is 11.5. The molecule has 0 aliphatic carbocycles. The van der Waals surface area contributed by atoms with Crippen LogP contribution in [0.5, 0.6) is 0 Å². The third-order valence-corrected chi connectivity index (χ3v) is 7.90. The highest BCUT2D eigenvalue weighted by atomic mass is 31.2. The molecular weight excluding hydrogens is 437 g/mol. The first-order chi connectivity index (χ1) is 15.6. The van der Waals surface area contributed by atoms with Gasteiger partial charge in [0.25, 0.3) is 0 Å². The fraction of sp³-hybridized carbons (Fsp3) is 0.440. The van der Waals surface area contributed by atoms with Crippen molar-refractivity contribution in [2.24, 2.45) is 23.3 Å². The van der Waals surface area contributed by atoms with E-state index in [4.69, 9.17) is 11.5 Å². The minimum Gasteiger partial charge on any atom is -0.368 e. The quantitative estimate of drug-likeness (QED) is 0.332. The number of hydrogen-bond donors (Lipinski definition) is 4. The highest BCUT2D eigenvalue weighted by Gasteiger charge is 2.35. The summed E-state index contributed by atoms with van der Waals surface area (Å²) in [5, 5.41) is 2.70. The molecule has 0 bridgehead atoms. The van der Waals surface area contributed by atoms with Gasteiger partial charge in [0.2, 0.25) is 19.2 Å². The molecule has 2 aromatic carbocycles. The Kier molecular flexibility index (Phi) is 10.3. The number of aryl methyl sites for hydroxylation is 1. The van der Waals surface area contributed by atoms with E-state index in [0.717, 1.165) is 11.1 Å². The van der Waals surface area contributed by atoms with Gasteiger partial charge in [-0.1, -0.05) is 74.5 Å². The number of nitrogens with one attached hydrogen (secondary N) is 1. The normalized spacial score (nSPS) is 15.9. The number of amides is 2. The lowest BCUT2D eigenvalue weighted by molar-refractivity contribution is -0.129. The number of rotatable bonds is 13. The van der Waals surface area contributed by atoms with Gasteiger partial charge in [0, 0.05) is 18.5 Å². The van der Waals surface area contributed by atoms with Crippen LogP contribution in [-0.2, 0) is 27.0 Å². The summed E-state index contributed by atoms with van der Waals surface area (Å²) >= 11 is 0. The first kappa shape index (κ1) is 26.8. The summed E-state index contributed by atoms with van der Waals surface area (Å²) in [7, 11) is -3.82. The van der Waals surface area contributed by atoms with Gasteiger partial charge in [0.1, 0.15) is 6.04 Å². The third kappa shape index (κ3) is 9.12. The topological polar surface area (TPSA) is 136 Å². The van der Waals surface area contributed by atoms with Crippen LogP contribution in [0.4, 0.5) is 0 Å². The van der Waals surface area contributed by atoms with Crippen LogP contribution < -0.4 is 16.8 Å². The molecule has 0 aliphatic rings. The van der Waals surface area contributed by atoms with Crippen LogP contribution in [0, 0.1) is 11.8 Å². The summed E-state index contributed by atoms with van der Waals surface area (Å²) in [5.41, 5.74) is 13.5. The maximum Gasteiger partial charge on any atom is 0.240 e. The zero-order chi connectivity index (χ0) is 24.4. The standard InChI is InChI=1S/C25H36N3O4P/c1-18(2)15-21(17-33(31,32)23(26)14-13-19-9-5-3-6-10-19)25(30)28-22(24(27)29)16-20-11-7-4-8-12-20/h3-12,18,21-23H,13-17,26H2,1-2H3,(H2,27,29)(H,28,30)(H,31,32)/t21-,22+,23-/m1/s1. The van der Waals surface area contributed by atoms with E-state index in [1.54, 1.807) is 0 Å². The van der Waals surface area contributed by atoms with Crippen molar-refractivity contribution in [3.63, 3.8) is 0 Å². The van der Waals surface area contributed by atoms with Gasteiger partial charge in [0.05, 0.1) is 5.78 Å². The van der Waals surface area contributed by atoms with E-state index in [2.05, 4.69) is 5.32 Å². The Balaban J connectivity index is 2.06. The van der Waals surface area contributed by atoms with E-state index in [-0.39, 0.29) is 18.5 Å². The van der Waals surface area contributed by atoms with Gasteiger partial charge in [-0.2, -0.15) is 0 Å². The second kappa shape index (κ2) is 12.7. The van der Waals surface area contributed by atoms with Crippen molar-refractivity contribution >= 4 is 19.2 Å². The summed E-state index contributed by atoms with van der Waals surface area (Å²) in [6.45, 7) is 3.88. The van der Waals surface area contributed by atoms with Crippen LogP contribution in [0.2, 0.25) is 0 Å². The van der Waals surface area contributed by atoms with E-state index < -0.39 is 36.9 Å². The van der Waals surface area contributed by atoms with E-state index in [1.807, 2.05) is 74.5 Å². The van der Waals surface area contributed by atoms with E-state index in [9.17, 15) is 19.0 Å². The van der Waals surface area contributed by atoms with Crippen LogP contribution in [-0.4, -0.2) is 34.7 Å². The monoisotopic (exact) mass is 473 g/mol. The Bertz CT molecular complexity index is 937. The number of nitrogens with two attached hydrogens (primary N) is 2. The molecule has 180 valence electrons. The molecule has 0 saturated carbocycles. The number of carbonyl (C=O) groups excluding carboxylic acids is 2. The highest BCUT2D eigenvalue weighted by Crippen LogP contribution is 2.48. The van der Waals surface area contributed by atoms with Crippen LogP contribution in [0.15, 0.2) is 60.7 Å². The first-order valence-corrected chi connectivity index (χ1v) is 13.2. The summed E-state index contributed by atoms with van der Waals surface area (Å²) in [6, 6.07) is 18.0. The Labute approximate surface area is 196 Å². The molecule has 2 rings (SSSR count). The molecular formula is C25H36N3O4P. The van der Waals surface area contributed by atoms with Gasteiger partial charge in [-0.15, -0.1) is 0 Å². The molecule has 0 saturated heterocycles. The fourth-order valence-electron chi connectivity index (χ4n) is 3.81. The van der Waals surface area contributed by atoms with Crippen molar-refractivity contribution < 1.29 is 19.0 Å². The molecule has 33 heavy (non-hydrogen) atoms. The van der Waals surface area contributed by atoms with Crippen LogP contribution in [0.3, 0.4) is 0 Å². The molecule has 2 amide bonds. The zero-order valence-corrected chi connectivity index (χ0v) is 20.3. The number of hydrogen-bond acceptors (Lipinski definition) is 4. The smallest absolute Gasteiger partial charge is 0.240 e. The largest absolute Gasteiger partial charge is 0.368 e. The minimum absolute atomic E-state index is 0.113. The Morgan fingerprint density at radius 1 is 1.00 bits per heavy atom. The van der Waals surface area contributed by atoms with Crippen molar-refractivity contribution in [1.29, 1.82) is 0 Å². The molecule has 0 aliphatic heterocycles. The molecule has 4 atom stereocenters. The molecule has 0 radical (unpaired) electrons. The summed E-state index contributed by atoms with van der Waals surface area (Å²) in [4.78, 5) is 35.8. The predicted molar refractivity (Wildman–Crippen MR) is 132 cm³/mol. The van der Waals surface area contributed by atoms with Crippen molar-refractivity contribution in [1.82, 2.24) is 5.32 Å². The molecule has 1 unspecified atom stereocenters. The third-order valence-electron chi connectivity index (χ3n) is 5.64. The maximum absolute atomic E-state index is 13.1. The molecule has 0 fully saturated rings. The maximum atomic E-state index is 13.1. The summed E-state index contributed by atoms with van der Waals surface area (Å²) in [5.74, 6) is -2.67. The molecule has 0 aromatic heterocycles. The lowest BCUT2D eigenvalue weighted by Crippen LogP contribution is -2.48. The predicted octanol–water partition coefficient (Wildman–Crippen LogP) is 3.05. The van der Waals surface area contributed by atoms with Gasteiger partial charge in [0.15, 0.2) is 0 Å². The molecule has 7 nitrogen and oxygen atoms in total. The lowest BCUT2D eigenvalue weighted by Gasteiger charge is -2.26. The van der Waals surface area contributed by atoms with Crippen LogP contribution >= 0.6 is 7.37 Å². The van der Waals surface area contributed by atoms with E-state index >= 15 is 0 Å². The zero-order valence-electron chi connectivity index (χ0n) is 19.4.